The van der Waals surface area contributed by atoms with E-state index in [4.69, 9.17) is 0 Å². The molecule has 3 heteroatoms. The van der Waals surface area contributed by atoms with Gasteiger partial charge < -0.3 is 5.32 Å². The van der Waals surface area contributed by atoms with Crippen LogP contribution in [0.4, 0.5) is 0 Å². The summed E-state index contributed by atoms with van der Waals surface area (Å²) in [4.78, 5) is 12.4. The molecule has 0 aliphatic heterocycles. The molecular weight excluding hydrogens is 272 g/mol. The van der Waals surface area contributed by atoms with Gasteiger partial charge in [0.25, 0.3) is 5.91 Å². The predicted molar refractivity (Wildman–Crippen MR) is 89.1 cm³/mol. The van der Waals surface area contributed by atoms with Crippen LogP contribution in [0.5, 0.6) is 0 Å². The van der Waals surface area contributed by atoms with Crippen LogP contribution in [0, 0.1) is 31.1 Å². The van der Waals surface area contributed by atoms with E-state index in [-0.39, 0.29) is 17.5 Å². The first-order chi connectivity index (χ1) is 10.5. The summed E-state index contributed by atoms with van der Waals surface area (Å²) in [6, 6.07) is 8.29. The van der Waals surface area contributed by atoms with E-state index in [1.807, 2.05) is 32.0 Å². The molecule has 1 saturated carbocycles. The summed E-state index contributed by atoms with van der Waals surface area (Å²) in [6.07, 6.45) is 6.24. The monoisotopic (exact) mass is 296 g/mol. The molecule has 0 heterocycles. The van der Waals surface area contributed by atoms with Crippen LogP contribution < -0.4 is 5.32 Å². The fourth-order valence-electron chi connectivity index (χ4n) is 3.00. The standard InChI is InChI=1S/C19H24N2O/c1-13-8-9-14(2)16(10-13)11-17(12-20)19(22)21-18-7-5-4-6-15(18)3/h8-11,15,18H,4-7H2,1-3H3,(H,21,22)/b17-11+/t15-,18+/m1/s1. The molecule has 0 radical (unpaired) electrons. The van der Waals surface area contributed by atoms with E-state index >= 15 is 0 Å². The van der Waals surface area contributed by atoms with Gasteiger partial charge in [0.1, 0.15) is 11.6 Å². The zero-order chi connectivity index (χ0) is 16.1. The lowest BCUT2D eigenvalue weighted by molar-refractivity contribution is -0.118. The number of nitrogens with one attached hydrogen (secondary N) is 1. The minimum atomic E-state index is -0.248. The molecule has 0 unspecified atom stereocenters. The lowest BCUT2D eigenvalue weighted by Crippen LogP contribution is -2.41. The maximum atomic E-state index is 12.4. The van der Waals surface area contributed by atoms with Gasteiger partial charge in [-0.05, 0) is 49.8 Å². The topological polar surface area (TPSA) is 52.9 Å². The molecule has 1 aliphatic rings. The Morgan fingerprint density at radius 3 is 2.73 bits per heavy atom. The molecular formula is C19H24N2O. The van der Waals surface area contributed by atoms with Gasteiger partial charge in [-0.15, -0.1) is 0 Å². The minimum Gasteiger partial charge on any atom is -0.348 e. The smallest absolute Gasteiger partial charge is 0.262 e. The molecule has 1 aromatic rings. The summed E-state index contributed by atoms with van der Waals surface area (Å²) in [7, 11) is 0. The number of carbonyl (C=O) groups excluding carboxylic acids is 1. The van der Waals surface area contributed by atoms with Gasteiger partial charge in [0.15, 0.2) is 0 Å². The van der Waals surface area contributed by atoms with Crippen molar-refractivity contribution in [3.63, 3.8) is 0 Å². The number of amides is 1. The first-order valence-electron chi connectivity index (χ1n) is 8.01. The van der Waals surface area contributed by atoms with Crippen molar-refractivity contribution in [1.29, 1.82) is 5.26 Å². The molecule has 0 bridgehead atoms. The van der Waals surface area contributed by atoms with Gasteiger partial charge in [-0.1, -0.05) is 43.5 Å². The SMILES string of the molecule is Cc1ccc(C)c(/C=C(\C#N)C(=O)N[C@H]2CCCC[C@H]2C)c1. The van der Waals surface area contributed by atoms with Crippen LogP contribution in [0.2, 0.25) is 0 Å². The second-order valence-electron chi connectivity index (χ2n) is 6.37. The highest BCUT2D eigenvalue weighted by Crippen LogP contribution is 2.24. The Hall–Kier alpha value is -2.08. The molecule has 0 spiro atoms. The Morgan fingerprint density at radius 1 is 1.32 bits per heavy atom. The van der Waals surface area contributed by atoms with Crippen molar-refractivity contribution in [1.82, 2.24) is 5.32 Å². The summed E-state index contributed by atoms with van der Waals surface area (Å²) >= 11 is 0. The number of carbonyl (C=O) groups is 1. The molecule has 0 aromatic heterocycles. The number of aryl methyl sites for hydroxylation is 2. The maximum Gasteiger partial charge on any atom is 0.262 e. The van der Waals surface area contributed by atoms with Gasteiger partial charge in [-0.2, -0.15) is 5.26 Å². The van der Waals surface area contributed by atoms with Crippen LogP contribution in [0.3, 0.4) is 0 Å². The Morgan fingerprint density at radius 2 is 2.05 bits per heavy atom. The second kappa shape index (κ2) is 7.26. The largest absolute Gasteiger partial charge is 0.348 e. The molecule has 2 rings (SSSR count). The molecule has 1 amide bonds. The summed E-state index contributed by atoms with van der Waals surface area (Å²) in [5.41, 5.74) is 3.31. The van der Waals surface area contributed by atoms with Crippen molar-refractivity contribution in [3.05, 3.63) is 40.5 Å². The predicted octanol–water partition coefficient (Wildman–Crippen LogP) is 3.91. The molecule has 3 nitrogen and oxygen atoms in total. The molecule has 1 aromatic carbocycles. The number of nitriles is 1. The number of rotatable bonds is 3. The molecule has 22 heavy (non-hydrogen) atoms. The van der Waals surface area contributed by atoms with Gasteiger partial charge in [0.05, 0.1) is 0 Å². The average Bonchev–Trinajstić information content (AvgIpc) is 2.50. The van der Waals surface area contributed by atoms with E-state index in [1.165, 1.54) is 6.42 Å². The first kappa shape index (κ1) is 16.3. The highest BCUT2D eigenvalue weighted by Gasteiger charge is 2.24. The molecule has 1 N–H and O–H groups in total. The molecule has 2 atom stereocenters. The number of nitrogens with zero attached hydrogens (tertiary/aromatic N) is 1. The zero-order valence-corrected chi connectivity index (χ0v) is 13.6. The average molecular weight is 296 g/mol. The van der Waals surface area contributed by atoms with Crippen LogP contribution in [-0.4, -0.2) is 11.9 Å². The Bertz CT molecular complexity index is 625. The summed E-state index contributed by atoms with van der Waals surface area (Å²) in [6.45, 7) is 6.17. The molecule has 0 saturated heterocycles. The van der Waals surface area contributed by atoms with E-state index in [0.717, 1.165) is 36.0 Å². The quantitative estimate of drug-likeness (QED) is 0.679. The van der Waals surface area contributed by atoms with E-state index in [1.54, 1.807) is 6.08 Å². The van der Waals surface area contributed by atoms with Crippen molar-refractivity contribution in [2.24, 2.45) is 5.92 Å². The third kappa shape index (κ3) is 3.98. The van der Waals surface area contributed by atoms with Crippen molar-refractivity contribution in [2.75, 3.05) is 0 Å². The normalized spacial score (nSPS) is 22.0. The van der Waals surface area contributed by atoms with Crippen LogP contribution in [0.25, 0.3) is 6.08 Å². The Kier molecular flexibility index (Phi) is 5.38. The summed E-state index contributed by atoms with van der Waals surface area (Å²) in [5, 5.41) is 12.4. The van der Waals surface area contributed by atoms with Gasteiger partial charge in [0, 0.05) is 6.04 Å². The van der Waals surface area contributed by atoms with Crippen LogP contribution in [0.15, 0.2) is 23.8 Å². The first-order valence-corrected chi connectivity index (χ1v) is 8.01. The van der Waals surface area contributed by atoms with Crippen LogP contribution in [-0.2, 0) is 4.79 Å². The lowest BCUT2D eigenvalue weighted by atomic mass is 9.86. The maximum absolute atomic E-state index is 12.4. The van der Waals surface area contributed by atoms with Gasteiger partial charge in [0.2, 0.25) is 0 Å². The van der Waals surface area contributed by atoms with Crippen LogP contribution in [0.1, 0.15) is 49.3 Å². The van der Waals surface area contributed by atoms with E-state index in [9.17, 15) is 10.1 Å². The Balaban J connectivity index is 2.16. The Labute approximate surface area is 133 Å². The number of hydrogen-bond acceptors (Lipinski definition) is 2. The van der Waals surface area contributed by atoms with Crippen molar-refractivity contribution in [3.8, 4) is 6.07 Å². The minimum absolute atomic E-state index is 0.187. The lowest BCUT2D eigenvalue weighted by Gasteiger charge is -2.29. The van der Waals surface area contributed by atoms with E-state index in [0.29, 0.717) is 5.92 Å². The third-order valence-electron chi connectivity index (χ3n) is 4.53. The zero-order valence-electron chi connectivity index (χ0n) is 13.6. The van der Waals surface area contributed by atoms with E-state index in [2.05, 4.69) is 18.3 Å². The number of hydrogen-bond donors (Lipinski definition) is 1. The highest BCUT2D eigenvalue weighted by atomic mass is 16.1. The van der Waals surface area contributed by atoms with Crippen LogP contribution >= 0.6 is 0 Å². The van der Waals surface area contributed by atoms with Gasteiger partial charge >= 0.3 is 0 Å². The second-order valence-corrected chi connectivity index (χ2v) is 6.37. The van der Waals surface area contributed by atoms with Gasteiger partial charge in [-0.25, -0.2) is 0 Å². The van der Waals surface area contributed by atoms with Gasteiger partial charge in [-0.3, -0.25) is 4.79 Å². The van der Waals surface area contributed by atoms with Crippen molar-refractivity contribution < 1.29 is 4.79 Å². The fraction of sp³-hybridized carbons (Fsp3) is 0.474. The molecule has 1 aliphatic carbocycles. The third-order valence-corrected chi connectivity index (χ3v) is 4.53. The van der Waals surface area contributed by atoms with Crippen molar-refractivity contribution >= 4 is 12.0 Å². The fourth-order valence-corrected chi connectivity index (χ4v) is 3.00. The summed E-state index contributed by atoms with van der Waals surface area (Å²) < 4.78 is 0. The van der Waals surface area contributed by atoms with E-state index < -0.39 is 0 Å². The summed E-state index contributed by atoms with van der Waals surface area (Å²) in [5.74, 6) is 0.237. The molecule has 1 fully saturated rings. The highest BCUT2D eigenvalue weighted by molar-refractivity contribution is 6.02. The molecule has 116 valence electrons. The number of benzene rings is 1. The van der Waals surface area contributed by atoms with Crippen molar-refractivity contribution in [2.45, 2.75) is 52.5 Å².